The molecule has 132 valence electrons. The number of rotatable bonds is 7. The number of aromatic nitrogens is 2. The monoisotopic (exact) mass is 348 g/mol. The number of anilines is 1. The molecule has 0 bridgehead atoms. The lowest BCUT2D eigenvalue weighted by atomic mass is 10.3. The Morgan fingerprint density at radius 3 is 2.76 bits per heavy atom. The molecule has 1 N–H and O–H groups in total. The topological polar surface area (TPSA) is 126 Å². The molecule has 10 nitrogen and oxygen atoms in total. The van der Waals surface area contributed by atoms with Crippen LogP contribution < -0.4 is 10.1 Å². The van der Waals surface area contributed by atoms with Gasteiger partial charge in [0.25, 0.3) is 5.91 Å². The van der Waals surface area contributed by atoms with Gasteiger partial charge in [0.05, 0.1) is 17.7 Å². The molecule has 0 aliphatic rings. The van der Waals surface area contributed by atoms with E-state index in [1.54, 1.807) is 20.0 Å². The van der Waals surface area contributed by atoms with E-state index in [1.165, 1.54) is 29.1 Å². The summed E-state index contributed by atoms with van der Waals surface area (Å²) in [6.45, 7) is 1.37. The van der Waals surface area contributed by atoms with E-state index in [4.69, 9.17) is 9.47 Å². The van der Waals surface area contributed by atoms with Gasteiger partial charge in [-0.25, -0.2) is 4.79 Å². The van der Waals surface area contributed by atoms with Gasteiger partial charge in [-0.15, -0.1) is 0 Å². The van der Waals surface area contributed by atoms with Gasteiger partial charge in [0.2, 0.25) is 0 Å². The van der Waals surface area contributed by atoms with Gasteiger partial charge in [-0.2, -0.15) is 5.10 Å². The molecule has 0 fully saturated rings. The Hall–Kier alpha value is -3.43. The van der Waals surface area contributed by atoms with E-state index in [-0.39, 0.29) is 29.4 Å². The molecule has 0 aliphatic carbocycles. The minimum absolute atomic E-state index is 0.0294. The van der Waals surface area contributed by atoms with Crippen molar-refractivity contribution in [1.29, 1.82) is 0 Å². The lowest BCUT2D eigenvalue weighted by molar-refractivity contribution is -0.385. The van der Waals surface area contributed by atoms with Crippen LogP contribution in [0.4, 0.5) is 11.5 Å². The summed E-state index contributed by atoms with van der Waals surface area (Å²) in [6, 6.07) is 5.71. The molecule has 1 heterocycles. The largest absolute Gasteiger partial charge is 0.477 e. The highest BCUT2D eigenvalue weighted by Crippen LogP contribution is 2.25. The van der Waals surface area contributed by atoms with Gasteiger partial charge < -0.3 is 14.8 Å². The molecular formula is C15H16N4O6. The zero-order valence-corrected chi connectivity index (χ0v) is 13.6. The van der Waals surface area contributed by atoms with E-state index in [0.717, 1.165) is 0 Å². The first kappa shape index (κ1) is 17.9. The zero-order valence-electron chi connectivity index (χ0n) is 13.6. The van der Waals surface area contributed by atoms with Crippen LogP contribution in [-0.4, -0.2) is 39.8 Å². The summed E-state index contributed by atoms with van der Waals surface area (Å²) in [5.74, 6) is -1.11. The second-order valence-corrected chi connectivity index (χ2v) is 4.81. The Bertz CT molecular complexity index is 801. The number of hydrogen-bond acceptors (Lipinski definition) is 7. The molecule has 2 aromatic rings. The van der Waals surface area contributed by atoms with E-state index in [9.17, 15) is 19.7 Å². The second kappa shape index (κ2) is 7.90. The number of benzene rings is 1. The molecule has 1 amide bonds. The first-order chi connectivity index (χ1) is 11.9. The number of esters is 1. The van der Waals surface area contributed by atoms with Crippen molar-refractivity contribution in [2.75, 3.05) is 18.5 Å². The number of nitrogens with zero attached hydrogens (tertiary/aromatic N) is 3. The number of hydrogen-bond donors (Lipinski definition) is 1. The summed E-state index contributed by atoms with van der Waals surface area (Å²) < 4.78 is 11.4. The van der Waals surface area contributed by atoms with Crippen LogP contribution in [-0.2, 0) is 16.6 Å². The summed E-state index contributed by atoms with van der Waals surface area (Å²) in [5.41, 5.74) is -0.147. The van der Waals surface area contributed by atoms with Crippen molar-refractivity contribution >= 4 is 23.4 Å². The third-order valence-corrected chi connectivity index (χ3v) is 3.11. The fraction of sp³-hybridized carbons (Fsp3) is 0.267. The third kappa shape index (κ3) is 4.31. The van der Waals surface area contributed by atoms with Gasteiger partial charge in [0.1, 0.15) is 11.4 Å². The van der Waals surface area contributed by atoms with E-state index in [2.05, 4.69) is 10.4 Å². The van der Waals surface area contributed by atoms with Crippen molar-refractivity contribution < 1.29 is 24.0 Å². The fourth-order valence-electron chi connectivity index (χ4n) is 1.99. The standard InChI is InChI=1S/C15H16N4O6/c1-3-24-15(21)10-8-16-18(2)14(10)17-13(20)9-25-12-7-5-4-6-11(12)19(22)23/h4-8H,3,9H2,1-2H3,(H,17,20). The van der Waals surface area contributed by atoms with Gasteiger partial charge in [-0.05, 0) is 13.0 Å². The molecule has 2 rings (SSSR count). The fourth-order valence-corrected chi connectivity index (χ4v) is 1.99. The highest BCUT2D eigenvalue weighted by molar-refractivity contribution is 6.00. The minimum atomic E-state index is -0.620. The molecule has 0 aliphatic heterocycles. The van der Waals surface area contributed by atoms with Crippen molar-refractivity contribution in [1.82, 2.24) is 9.78 Å². The van der Waals surface area contributed by atoms with E-state index < -0.39 is 23.4 Å². The van der Waals surface area contributed by atoms with Crippen LogP contribution in [0.25, 0.3) is 0 Å². The van der Waals surface area contributed by atoms with Crippen LogP contribution in [0.3, 0.4) is 0 Å². The Kier molecular flexibility index (Phi) is 5.66. The summed E-state index contributed by atoms with van der Waals surface area (Å²) in [4.78, 5) is 34.2. The van der Waals surface area contributed by atoms with Crippen LogP contribution in [0.1, 0.15) is 17.3 Å². The number of amides is 1. The number of aryl methyl sites for hydroxylation is 1. The Labute approximate surface area is 142 Å². The number of nitro groups is 1. The summed E-state index contributed by atoms with van der Waals surface area (Å²) in [6.07, 6.45) is 1.27. The van der Waals surface area contributed by atoms with Crippen molar-refractivity contribution in [2.45, 2.75) is 6.92 Å². The van der Waals surface area contributed by atoms with E-state index in [1.807, 2.05) is 0 Å². The zero-order chi connectivity index (χ0) is 18.4. The first-order valence-electron chi connectivity index (χ1n) is 7.29. The number of nitro benzene ring substituents is 1. The first-order valence-corrected chi connectivity index (χ1v) is 7.29. The quantitative estimate of drug-likeness (QED) is 0.457. The molecule has 1 aromatic carbocycles. The maximum atomic E-state index is 12.1. The number of carbonyl (C=O) groups excluding carboxylic acids is 2. The van der Waals surface area contributed by atoms with Crippen molar-refractivity contribution in [3.63, 3.8) is 0 Å². The SMILES string of the molecule is CCOC(=O)c1cnn(C)c1NC(=O)COc1ccccc1[N+](=O)[O-]. The lowest BCUT2D eigenvalue weighted by Crippen LogP contribution is -2.23. The highest BCUT2D eigenvalue weighted by atomic mass is 16.6. The lowest BCUT2D eigenvalue weighted by Gasteiger charge is -2.09. The smallest absolute Gasteiger partial charge is 0.343 e. The van der Waals surface area contributed by atoms with Crippen LogP contribution in [0, 0.1) is 10.1 Å². The third-order valence-electron chi connectivity index (χ3n) is 3.11. The maximum Gasteiger partial charge on any atom is 0.343 e. The van der Waals surface area contributed by atoms with Gasteiger partial charge in [0.15, 0.2) is 12.4 Å². The van der Waals surface area contributed by atoms with Crippen LogP contribution in [0.15, 0.2) is 30.5 Å². The van der Waals surface area contributed by atoms with E-state index >= 15 is 0 Å². The van der Waals surface area contributed by atoms with Crippen LogP contribution in [0.5, 0.6) is 5.75 Å². The number of ether oxygens (including phenoxy) is 2. The summed E-state index contributed by atoms with van der Waals surface area (Å²) >= 11 is 0. The molecule has 10 heteroatoms. The molecule has 0 atom stereocenters. The maximum absolute atomic E-state index is 12.1. The molecule has 0 saturated heterocycles. The van der Waals surface area contributed by atoms with Crippen molar-refractivity contribution in [3.8, 4) is 5.75 Å². The molecule has 1 aromatic heterocycles. The Morgan fingerprint density at radius 2 is 2.08 bits per heavy atom. The molecular weight excluding hydrogens is 332 g/mol. The van der Waals surface area contributed by atoms with E-state index in [0.29, 0.717) is 0 Å². The van der Waals surface area contributed by atoms with Crippen molar-refractivity contribution in [3.05, 3.63) is 46.1 Å². The molecule has 0 unspecified atom stereocenters. The van der Waals surface area contributed by atoms with Gasteiger partial charge >= 0.3 is 11.7 Å². The average molecular weight is 348 g/mol. The second-order valence-electron chi connectivity index (χ2n) is 4.81. The Balaban J connectivity index is 2.06. The van der Waals surface area contributed by atoms with Crippen LogP contribution >= 0.6 is 0 Å². The van der Waals surface area contributed by atoms with Gasteiger partial charge in [-0.3, -0.25) is 19.6 Å². The highest BCUT2D eigenvalue weighted by Gasteiger charge is 2.20. The molecule has 25 heavy (non-hydrogen) atoms. The summed E-state index contributed by atoms with van der Waals surface area (Å²) in [5, 5.41) is 17.3. The average Bonchev–Trinajstić information content (AvgIpc) is 2.94. The number of para-hydroxylation sites is 2. The molecule has 0 spiro atoms. The molecule has 0 saturated carbocycles. The number of carbonyl (C=O) groups is 2. The Morgan fingerprint density at radius 1 is 1.36 bits per heavy atom. The minimum Gasteiger partial charge on any atom is -0.477 e. The van der Waals surface area contributed by atoms with Gasteiger partial charge in [0, 0.05) is 13.1 Å². The van der Waals surface area contributed by atoms with Crippen LogP contribution in [0.2, 0.25) is 0 Å². The van der Waals surface area contributed by atoms with Crippen molar-refractivity contribution in [2.24, 2.45) is 7.05 Å². The molecule has 0 radical (unpaired) electrons. The van der Waals surface area contributed by atoms with Gasteiger partial charge in [-0.1, -0.05) is 12.1 Å². The predicted octanol–water partition coefficient (Wildman–Crippen LogP) is 1.52. The normalized spacial score (nSPS) is 10.2. The predicted molar refractivity (Wildman–Crippen MR) is 86.4 cm³/mol. The number of nitrogens with one attached hydrogen (secondary N) is 1. The summed E-state index contributed by atoms with van der Waals surface area (Å²) in [7, 11) is 1.54.